The highest BCUT2D eigenvalue weighted by Gasteiger charge is 1.96. The summed E-state index contributed by atoms with van der Waals surface area (Å²) < 4.78 is 0. The second-order valence-electron chi connectivity index (χ2n) is 5.04. The molecule has 5 nitrogen and oxygen atoms in total. The molecule has 0 saturated carbocycles. The molecule has 134 valence electrons. The molecule has 0 bridgehead atoms. The van der Waals surface area contributed by atoms with E-state index in [1.807, 2.05) is 6.20 Å². The number of hydrogen-bond acceptors (Lipinski definition) is 5. The average molecular weight is 361 g/mol. The van der Waals surface area contributed by atoms with Crippen LogP contribution in [0.1, 0.15) is 70.1 Å². The second kappa shape index (κ2) is 18.8. The van der Waals surface area contributed by atoms with Gasteiger partial charge >= 0.3 is 0 Å². The van der Waals surface area contributed by atoms with E-state index in [2.05, 4.69) is 42.5 Å². The van der Waals surface area contributed by atoms with E-state index in [4.69, 9.17) is 5.73 Å². The highest BCUT2D eigenvalue weighted by atomic mass is 32.1. The molecule has 6 N–H and O–H groups in total. The first kappa shape index (κ1) is 24.0. The number of aryl methyl sites for hydroxylation is 1. The van der Waals surface area contributed by atoms with E-state index in [1.54, 1.807) is 11.3 Å². The van der Waals surface area contributed by atoms with Gasteiger partial charge in [-0.1, -0.05) is 46.0 Å². The topological polar surface area (TPSA) is 108 Å². The summed E-state index contributed by atoms with van der Waals surface area (Å²) in [5.74, 6) is 0. The molecule has 0 amide bonds. The average Bonchev–Trinajstić information content (AvgIpc) is 2.90. The zero-order chi connectivity index (χ0) is 17.9. The lowest BCUT2D eigenvalue weighted by Gasteiger charge is -1.92. The first-order chi connectivity index (χ1) is 11.0. The lowest BCUT2D eigenvalue weighted by atomic mass is 10.2. The number of thiazole rings is 1. The molecule has 0 fully saturated rings. The van der Waals surface area contributed by atoms with Gasteiger partial charge in [0.15, 0.2) is 10.2 Å². The first-order valence-corrected chi connectivity index (χ1v) is 9.39. The molecule has 23 heavy (non-hydrogen) atoms. The van der Waals surface area contributed by atoms with Crippen molar-refractivity contribution in [2.45, 2.75) is 71.6 Å². The molecular formula is C16H32N4OS2. The molecule has 1 rings (SSSR count). The maximum atomic E-state index is 9.77. The van der Waals surface area contributed by atoms with Gasteiger partial charge in [0, 0.05) is 17.5 Å². The standard InChI is InChI=1S/C8H14N2S.C7H14O.CH4N2S/c1-2-3-4-5-7-6-10-8(9)11-7;1-2-3-4-5-6-7-8;2-1(3)4/h6H,2-5H2,1H3,(H2,9,10);7H,2-6H2,1H3;(H4,2,3,4). The van der Waals surface area contributed by atoms with Gasteiger partial charge in [0.25, 0.3) is 0 Å². The minimum Gasteiger partial charge on any atom is -0.377 e. The SMILES string of the molecule is CCCCCCC=O.CCCCCc1cnc(N)s1.NC(N)=S. The van der Waals surface area contributed by atoms with Crippen molar-refractivity contribution in [3.63, 3.8) is 0 Å². The molecule has 0 radical (unpaired) electrons. The minimum atomic E-state index is 0.000000000000000222. The van der Waals surface area contributed by atoms with Crippen molar-refractivity contribution in [2.24, 2.45) is 11.5 Å². The van der Waals surface area contributed by atoms with Crippen LogP contribution in [0.25, 0.3) is 0 Å². The molecular weight excluding hydrogens is 328 g/mol. The molecule has 0 saturated heterocycles. The largest absolute Gasteiger partial charge is 0.377 e. The minimum absolute atomic E-state index is 0.000000000000000222. The smallest absolute Gasteiger partial charge is 0.180 e. The van der Waals surface area contributed by atoms with Crippen LogP contribution in [0.15, 0.2) is 6.20 Å². The van der Waals surface area contributed by atoms with Crippen molar-refractivity contribution in [3.8, 4) is 0 Å². The van der Waals surface area contributed by atoms with Crippen LogP contribution in [0.3, 0.4) is 0 Å². The lowest BCUT2D eigenvalue weighted by molar-refractivity contribution is -0.107. The third kappa shape index (κ3) is 23.2. The van der Waals surface area contributed by atoms with Crippen LogP contribution in [0.4, 0.5) is 5.13 Å². The van der Waals surface area contributed by atoms with Gasteiger partial charge in [0.1, 0.15) is 6.29 Å². The number of carbonyl (C=O) groups is 1. The Morgan fingerprint density at radius 3 is 2.17 bits per heavy atom. The van der Waals surface area contributed by atoms with E-state index < -0.39 is 0 Å². The molecule has 0 unspecified atom stereocenters. The van der Waals surface area contributed by atoms with Gasteiger partial charge in [-0.25, -0.2) is 4.98 Å². The molecule has 1 aromatic rings. The van der Waals surface area contributed by atoms with Gasteiger partial charge in [0.2, 0.25) is 0 Å². The number of aldehydes is 1. The van der Waals surface area contributed by atoms with Gasteiger partial charge in [-0.05, 0) is 31.5 Å². The summed E-state index contributed by atoms with van der Waals surface area (Å²) >= 11 is 5.70. The molecule has 0 aliphatic heterocycles. The zero-order valence-electron chi connectivity index (χ0n) is 14.4. The van der Waals surface area contributed by atoms with Gasteiger partial charge in [-0.2, -0.15) is 0 Å². The normalized spacial score (nSPS) is 9.13. The molecule has 0 aliphatic rings. The van der Waals surface area contributed by atoms with Crippen LogP contribution in [0.5, 0.6) is 0 Å². The molecule has 0 spiro atoms. The fraction of sp³-hybridized carbons (Fsp3) is 0.688. The number of rotatable bonds is 9. The number of carbonyl (C=O) groups excluding carboxylic acids is 1. The molecule has 1 heterocycles. The number of thiocarbonyl (C=S) groups is 1. The fourth-order valence-electron chi connectivity index (χ4n) is 1.64. The number of aromatic nitrogens is 1. The Balaban J connectivity index is 0. The molecule has 0 atom stereocenters. The van der Waals surface area contributed by atoms with Crippen molar-refractivity contribution in [1.29, 1.82) is 0 Å². The number of nitrogens with two attached hydrogens (primary N) is 3. The van der Waals surface area contributed by atoms with Crippen molar-refractivity contribution < 1.29 is 4.79 Å². The van der Waals surface area contributed by atoms with E-state index in [-0.39, 0.29) is 5.11 Å². The maximum absolute atomic E-state index is 9.77. The summed E-state index contributed by atoms with van der Waals surface area (Å²) in [6.07, 6.45) is 13.4. The number of anilines is 1. The van der Waals surface area contributed by atoms with E-state index in [1.165, 1.54) is 43.4 Å². The summed E-state index contributed by atoms with van der Waals surface area (Å²) in [7, 11) is 0. The van der Waals surface area contributed by atoms with E-state index in [0.717, 1.165) is 25.5 Å². The number of hydrogen-bond donors (Lipinski definition) is 3. The van der Waals surface area contributed by atoms with Gasteiger partial charge in [0.05, 0.1) is 0 Å². The van der Waals surface area contributed by atoms with Crippen LogP contribution in [0, 0.1) is 0 Å². The van der Waals surface area contributed by atoms with Crippen molar-refractivity contribution >= 4 is 40.1 Å². The summed E-state index contributed by atoms with van der Waals surface area (Å²) in [4.78, 5) is 15.1. The fourth-order valence-corrected chi connectivity index (χ4v) is 2.37. The summed E-state index contributed by atoms with van der Waals surface area (Å²) in [6, 6.07) is 0. The van der Waals surface area contributed by atoms with Gasteiger partial charge < -0.3 is 22.0 Å². The Hall–Kier alpha value is -1.21. The Bertz CT molecular complexity index is 393. The number of nitrogens with zero attached hydrogens (tertiary/aromatic N) is 1. The highest BCUT2D eigenvalue weighted by molar-refractivity contribution is 7.80. The van der Waals surface area contributed by atoms with E-state index >= 15 is 0 Å². The first-order valence-electron chi connectivity index (χ1n) is 8.16. The van der Waals surface area contributed by atoms with Gasteiger partial charge in [-0.15, -0.1) is 11.3 Å². The van der Waals surface area contributed by atoms with Crippen LogP contribution in [-0.4, -0.2) is 16.4 Å². The predicted molar refractivity (Wildman–Crippen MR) is 106 cm³/mol. The van der Waals surface area contributed by atoms with Crippen molar-refractivity contribution in [1.82, 2.24) is 4.98 Å². The summed E-state index contributed by atoms with van der Waals surface area (Å²) in [5.41, 5.74) is 14.7. The molecule has 0 aromatic carbocycles. The quantitative estimate of drug-likeness (QED) is 0.351. The monoisotopic (exact) mass is 360 g/mol. The Labute approximate surface area is 150 Å². The van der Waals surface area contributed by atoms with Crippen LogP contribution in [-0.2, 0) is 11.2 Å². The third-order valence-corrected chi connectivity index (χ3v) is 3.66. The summed E-state index contributed by atoms with van der Waals surface area (Å²) in [6.45, 7) is 4.38. The van der Waals surface area contributed by atoms with Crippen LogP contribution < -0.4 is 17.2 Å². The molecule has 0 aliphatic carbocycles. The maximum Gasteiger partial charge on any atom is 0.180 e. The van der Waals surface area contributed by atoms with Crippen molar-refractivity contribution in [3.05, 3.63) is 11.1 Å². The third-order valence-electron chi connectivity index (χ3n) is 2.77. The summed E-state index contributed by atoms with van der Waals surface area (Å²) in [5, 5.41) is 0.691. The highest BCUT2D eigenvalue weighted by Crippen LogP contribution is 2.16. The number of nitrogen functional groups attached to an aromatic ring is 1. The predicted octanol–water partition coefficient (Wildman–Crippen LogP) is 3.80. The Kier molecular flexibility index (Phi) is 19.7. The van der Waals surface area contributed by atoms with E-state index in [9.17, 15) is 4.79 Å². The van der Waals surface area contributed by atoms with Crippen LogP contribution in [0.2, 0.25) is 0 Å². The Morgan fingerprint density at radius 1 is 1.17 bits per heavy atom. The van der Waals surface area contributed by atoms with Crippen molar-refractivity contribution in [2.75, 3.05) is 5.73 Å². The molecule has 1 aromatic heterocycles. The zero-order valence-corrected chi connectivity index (χ0v) is 16.1. The van der Waals surface area contributed by atoms with Gasteiger partial charge in [-0.3, -0.25) is 0 Å². The number of unbranched alkanes of at least 4 members (excludes halogenated alkanes) is 6. The van der Waals surface area contributed by atoms with Crippen LogP contribution >= 0.6 is 23.6 Å². The van der Waals surface area contributed by atoms with E-state index in [0.29, 0.717) is 5.13 Å². The molecule has 7 heteroatoms. The Morgan fingerprint density at radius 2 is 1.74 bits per heavy atom. The second-order valence-corrected chi connectivity index (χ2v) is 6.66. The lowest BCUT2D eigenvalue weighted by Crippen LogP contribution is -2.18.